The summed E-state index contributed by atoms with van der Waals surface area (Å²) in [5.41, 5.74) is 8.29. The van der Waals surface area contributed by atoms with E-state index in [2.05, 4.69) is 36.8 Å². The lowest BCUT2D eigenvalue weighted by Gasteiger charge is -2.15. The summed E-state index contributed by atoms with van der Waals surface area (Å²) in [5.74, 6) is -2.20. The van der Waals surface area contributed by atoms with Gasteiger partial charge in [0.2, 0.25) is 0 Å². The van der Waals surface area contributed by atoms with Gasteiger partial charge in [0.05, 0.1) is 57.8 Å². The molecule has 0 saturated carbocycles. The molecule has 424 valence electrons. The number of anilines is 2. The molecular formula is C56H56F6N12O7. The van der Waals surface area contributed by atoms with Crippen LogP contribution in [0.5, 0.6) is 0 Å². The Bertz CT molecular complexity index is 3650. The predicted molar refractivity (Wildman–Crippen MR) is 288 cm³/mol. The Balaban J connectivity index is 0.000000218. The first-order valence-electron chi connectivity index (χ1n) is 25.0. The van der Waals surface area contributed by atoms with Crippen molar-refractivity contribution in [1.82, 2.24) is 50.2 Å². The molecule has 2 heterocycles. The SMILES string of the molecule is CCC(C)NC(=O)c1ccccc1C(=O)Nc1ccc(Cn2nnn(-c3ccc(C(F)(F)F)cc3)c2=O)cc1C.CCC(C)NC(=O)c1ccccc1C(=O)O.Cc1cc(Cn2nnn(-c3ccc(C(F)(F)F)cc3)c2=O)ccc1N. The van der Waals surface area contributed by atoms with E-state index in [1.165, 1.54) is 24.3 Å². The lowest BCUT2D eigenvalue weighted by Crippen LogP contribution is -2.33. The first kappa shape index (κ1) is 60.5. The van der Waals surface area contributed by atoms with Crippen molar-refractivity contribution < 1.29 is 50.6 Å². The highest BCUT2D eigenvalue weighted by Crippen LogP contribution is 2.30. The fourth-order valence-corrected chi connectivity index (χ4v) is 7.54. The largest absolute Gasteiger partial charge is 0.478 e. The minimum absolute atomic E-state index is 0.0308. The number of nitrogens with one attached hydrogen (secondary N) is 3. The van der Waals surface area contributed by atoms with Gasteiger partial charge in [-0.3, -0.25) is 14.4 Å². The number of hydrogen-bond donors (Lipinski definition) is 5. The number of carboxylic acid groups (broad SMARTS) is 1. The summed E-state index contributed by atoms with van der Waals surface area (Å²) >= 11 is 0. The number of carbonyl (C=O) groups excluding carboxylic acids is 3. The number of nitrogens with two attached hydrogens (primary N) is 1. The third kappa shape index (κ3) is 15.8. The van der Waals surface area contributed by atoms with E-state index in [4.69, 9.17) is 10.8 Å². The molecule has 0 aliphatic heterocycles. The molecule has 0 saturated heterocycles. The van der Waals surface area contributed by atoms with E-state index >= 15 is 0 Å². The molecule has 8 aromatic rings. The third-order valence-electron chi connectivity index (χ3n) is 12.5. The highest BCUT2D eigenvalue weighted by atomic mass is 19.4. The molecule has 3 amide bonds. The molecule has 0 fully saturated rings. The molecule has 2 unspecified atom stereocenters. The first-order valence-corrected chi connectivity index (χ1v) is 25.0. The van der Waals surface area contributed by atoms with Crippen molar-refractivity contribution in [2.24, 2.45) is 0 Å². The standard InChI is InChI=1S/C28H27F3N6O3.C16H14F3N5O.C12H15NO3/c1-4-18(3)32-25(38)22-7-5-6-8-23(22)26(39)33-24-14-9-19(15-17(24)2)16-36-27(40)37(35-34-36)21-12-10-20(11-13-21)28(29,30)31;1-10-8-11(2-7-14(10)20)9-23-15(25)24(22-21-23)13-5-3-12(4-6-13)16(17,18)19;1-3-8(2)13-11(14)9-6-4-5-7-10(9)12(15)16/h5-15,18H,4,16H2,1-3H3,(H,32,38)(H,33,39);2-8H,9,20H2,1H3;4-8H,3H2,1-2H3,(H,13,14)(H,15,16). The molecule has 25 heteroatoms. The molecule has 0 spiro atoms. The zero-order valence-electron chi connectivity index (χ0n) is 44.5. The summed E-state index contributed by atoms with van der Waals surface area (Å²) in [5, 5.41) is 32.5. The van der Waals surface area contributed by atoms with E-state index in [-0.39, 0.29) is 70.6 Å². The fourth-order valence-electron chi connectivity index (χ4n) is 7.54. The number of aryl methyl sites for hydroxylation is 2. The highest BCUT2D eigenvalue weighted by Gasteiger charge is 2.31. The maximum absolute atomic E-state index is 13.1. The van der Waals surface area contributed by atoms with Gasteiger partial charge in [-0.2, -0.15) is 45.1 Å². The van der Waals surface area contributed by atoms with Crippen molar-refractivity contribution in [3.8, 4) is 11.4 Å². The van der Waals surface area contributed by atoms with Gasteiger partial charge < -0.3 is 26.8 Å². The van der Waals surface area contributed by atoms with Crippen molar-refractivity contribution >= 4 is 35.1 Å². The third-order valence-corrected chi connectivity index (χ3v) is 12.5. The van der Waals surface area contributed by atoms with Gasteiger partial charge in [0.1, 0.15) is 0 Å². The van der Waals surface area contributed by atoms with Crippen molar-refractivity contribution in [2.45, 2.75) is 91.9 Å². The minimum atomic E-state index is -4.49. The number of tetrazole rings is 2. The summed E-state index contributed by atoms with van der Waals surface area (Å²) in [4.78, 5) is 73.5. The van der Waals surface area contributed by atoms with Gasteiger partial charge in [-0.25, -0.2) is 14.4 Å². The quantitative estimate of drug-likeness (QED) is 0.0477. The van der Waals surface area contributed by atoms with Crippen molar-refractivity contribution in [2.75, 3.05) is 11.1 Å². The second-order valence-electron chi connectivity index (χ2n) is 18.5. The van der Waals surface area contributed by atoms with Crippen LogP contribution in [0.3, 0.4) is 0 Å². The Morgan fingerprint density at radius 2 is 0.926 bits per heavy atom. The molecule has 0 aliphatic rings. The highest BCUT2D eigenvalue weighted by molar-refractivity contribution is 6.12. The van der Waals surface area contributed by atoms with E-state index in [1.54, 1.807) is 73.7 Å². The number of amides is 3. The number of nitrogen functional groups attached to an aromatic ring is 1. The number of carbonyl (C=O) groups is 4. The molecule has 0 radical (unpaired) electrons. The maximum Gasteiger partial charge on any atom is 0.416 e. The molecule has 2 atom stereocenters. The van der Waals surface area contributed by atoms with Gasteiger partial charge in [0.15, 0.2) is 0 Å². The van der Waals surface area contributed by atoms with Gasteiger partial charge in [0, 0.05) is 23.5 Å². The number of nitrogens with zero attached hydrogens (tertiary/aromatic N) is 8. The number of halogens is 6. The van der Waals surface area contributed by atoms with Gasteiger partial charge in [-0.15, -0.1) is 0 Å². The molecule has 0 bridgehead atoms. The van der Waals surface area contributed by atoms with E-state index in [0.29, 0.717) is 22.5 Å². The molecule has 2 aromatic heterocycles. The van der Waals surface area contributed by atoms with Crippen LogP contribution in [0.25, 0.3) is 11.4 Å². The number of benzene rings is 6. The van der Waals surface area contributed by atoms with E-state index < -0.39 is 46.7 Å². The Hall–Kier alpha value is -9.68. The topological polar surface area (TPSA) is 256 Å². The van der Waals surface area contributed by atoms with Crippen LogP contribution in [-0.2, 0) is 25.4 Å². The van der Waals surface area contributed by atoms with Gasteiger partial charge in [-0.1, -0.05) is 62.4 Å². The van der Waals surface area contributed by atoms with Gasteiger partial charge in [-0.05, 0) is 169 Å². The smallest absolute Gasteiger partial charge is 0.416 e. The number of rotatable bonds is 15. The van der Waals surface area contributed by atoms with E-state index in [1.807, 2.05) is 40.7 Å². The van der Waals surface area contributed by atoms with Crippen LogP contribution in [0.2, 0.25) is 0 Å². The van der Waals surface area contributed by atoms with Crippen LogP contribution >= 0.6 is 0 Å². The second kappa shape index (κ2) is 26.3. The summed E-state index contributed by atoms with van der Waals surface area (Å²) in [6.07, 6.45) is -7.37. The average Bonchev–Trinajstić information content (AvgIpc) is 4.27. The second-order valence-corrected chi connectivity index (χ2v) is 18.5. The molecule has 8 rings (SSSR count). The minimum Gasteiger partial charge on any atom is -0.478 e. The summed E-state index contributed by atoms with van der Waals surface area (Å²) in [6.45, 7) is 11.5. The van der Waals surface area contributed by atoms with Crippen molar-refractivity contribution in [3.63, 3.8) is 0 Å². The predicted octanol–water partition coefficient (Wildman–Crippen LogP) is 8.88. The van der Waals surface area contributed by atoms with Crippen LogP contribution in [0.4, 0.5) is 37.7 Å². The first-order chi connectivity index (χ1) is 38.3. The van der Waals surface area contributed by atoms with Gasteiger partial charge in [0.25, 0.3) is 17.7 Å². The molecule has 6 N–H and O–H groups in total. The fraction of sp³-hybridized carbons (Fsp3) is 0.250. The Labute approximate surface area is 459 Å². The lowest BCUT2D eigenvalue weighted by molar-refractivity contribution is -0.138. The zero-order valence-corrected chi connectivity index (χ0v) is 44.5. The molecular weight excluding hydrogens is 1070 g/mol. The zero-order chi connectivity index (χ0) is 59.3. The van der Waals surface area contributed by atoms with Gasteiger partial charge >= 0.3 is 29.7 Å². The Morgan fingerprint density at radius 1 is 0.543 bits per heavy atom. The van der Waals surface area contributed by atoms with Crippen molar-refractivity contribution in [1.29, 1.82) is 0 Å². The lowest BCUT2D eigenvalue weighted by atomic mass is 10.0. The molecule has 81 heavy (non-hydrogen) atoms. The molecule has 0 aliphatic carbocycles. The number of aromatic nitrogens is 8. The van der Waals surface area contributed by atoms with E-state index in [0.717, 1.165) is 79.1 Å². The Morgan fingerprint density at radius 3 is 1.31 bits per heavy atom. The van der Waals surface area contributed by atoms with E-state index in [9.17, 15) is 55.1 Å². The normalized spacial score (nSPS) is 12.0. The monoisotopic (exact) mass is 1120 g/mol. The number of aromatic carboxylic acids is 1. The van der Waals surface area contributed by atoms with Crippen molar-refractivity contribution in [3.05, 3.63) is 210 Å². The molecule has 6 aromatic carbocycles. The number of carboxylic acids is 1. The summed E-state index contributed by atoms with van der Waals surface area (Å²) in [7, 11) is 0. The van der Waals surface area contributed by atoms with Crippen LogP contribution in [0.15, 0.2) is 143 Å². The number of alkyl halides is 6. The van der Waals surface area contributed by atoms with Crippen LogP contribution in [0, 0.1) is 13.8 Å². The maximum atomic E-state index is 13.1. The summed E-state index contributed by atoms with van der Waals surface area (Å²) in [6, 6.07) is 31.4. The van der Waals surface area contributed by atoms with Crippen LogP contribution in [0.1, 0.15) is 115 Å². The summed E-state index contributed by atoms with van der Waals surface area (Å²) < 4.78 is 80.4. The molecule has 19 nitrogen and oxygen atoms in total. The average molecular weight is 1120 g/mol. The number of hydrogen-bond acceptors (Lipinski definition) is 11. The van der Waals surface area contributed by atoms with Crippen LogP contribution in [-0.4, -0.2) is 80.5 Å². The van der Waals surface area contributed by atoms with Crippen LogP contribution < -0.4 is 33.1 Å². The Kier molecular flexibility index (Phi) is 19.7.